The average molecular weight is 907 g/mol. The number of aliphatic carboxylic acids is 1. The Morgan fingerprint density at radius 2 is 1.29 bits per heavy atom. The van der Waals surface area contributed by atoms with Gasteiger partial charge in [0, 0.05) is 78.8 Å². The fraction of sp³-hybridized carbons (Fsp3) is 0.440. The van der Waals surface area contributed by atoms with E-state index in [1.807, 2.05) is 58.0 Å². The number of H-pyrrole nitrogens is 2. The van der Waals surface area contributed by atoms with E-state index in [1.54, 1.807) is 0 Å². The van der Waals surface area contributed by atoms with Gasteiger partial charge in [-0.05, 0) is 117 Å². The molecule has 6 rings (SSSR count). The van der Waals surface area contributed by atoms with Crippen LogP contribution in [0, 0.1) is 13.8 Å². The molecule has 1 atom stereocenters. The Kier molecular flexibility index (Phi) is 17.3. The number of likely N-dealkylation sites (tertiary alicyclic amines) is 1. The number of nitrogens with zero attached hydrogens (tertiary/aromatic N) is 3. The second-order valence-electron chi connectivity index (χ2n) is 16.3. The van der Waals surface area contributed by atoms with E-state index in [0.29, 0.717) is 89.8 Å². The first kappa shape index (κ1) is 48.8. The summed E-state index contributed by atoms with van der Waals surface area (Å²) in [5.41, 5.74) is 14.0. The predicted octanol–water partition coefficient (Wildman–Crippen LogP) is 8.55. The third-order valence-electron chi connectivity index (χ3n) is 12.0. The van der Waals surface area contributed by atoms with Crippen molar-refractivity contribution < 1.29 is 38.5 Å². The van der Waals surface area contributed by atoms with Gasteiger partial charge >= 0.3 is 5.97 Å². The molecule has 14 nitrogen and oxygen atoms in total. The molecular formula is C50H62N6O8S. The molecule has 3 aliphatic heterocycles. The Morgan fingerprint density at radius 3 is 1.86 bits per heavy atom. The summed E-state index contributed by atoms with van der Waals surface area (Å²) in [4.78, 5) is 68.2. The number of fused-ring (bicyclic) bond motifs is 8. The molecule has 0 aromatic carbocycles. The number of carboxylic acids is 1. The molecule has 6 heterocycles. The quantitative estimate of drug-likeness (QED) is 0.0498. The maximum Gasteiger partial charge on any atom is 0.303 e. The van der Waals surface area contributed by atoms with Crippen molar-refractivity contribution in [2.24, 2.45) is 0 Å². The Labute approximate surface area is 385 Å². The Morgan fingerprint density at radius 1 is 0.769 bits per heavy atom. The highest BCUT2D eigenvalue weighted by molar-refractivity contribution is 8.00. The lowest BCUT2D eigenvalue weighted by Gasteiger charge is -2.14. The first-order chi connectivity index (χ1) is 31.3. The number of amides is 3. The Hall–Kier alpha value is -5.61. The van der Waals surface area contributed by atoms with Gasteiger partial charge in [-0.2, -0.15) is 0 Å². The van der Waals surface area contributed by atoms with E-state index < -0.39 is 5.97 Å². The zero-order chi connectivity index (χ0) is 46.6. The van der Waals surface area contributed by atoms with Crippen LogP contribution in [0.15, 0.2) is 37.4 Å². The molecule has 346 valence electrons. The maximum atomic E-state index is 13.2. The van der Waals surface area contributed by atoms with Crippen molar-refractivity contribution in [3.63, 3.8) is 0 Å². The van der Waals surface area contributed by atoms with Gasteiger partial charge in [-0.3, -0.25) is 24.1 Å². The van der Waals surface area contributed by atoms with E-state index >= 15 is 0 Å². The van der Waals surface area contributed by atoms with Crippen LogP contribution in [0.3, 0.4) is 0 Å². The molecule has 8 bridgehead atoms. The van der Waals surface area contributed by atoms with Crippen LogP contribution in [0.2, 0.25) is 0 Å². The summed E-state index contributed by atoms with van der Waals surface area (Å²) in [6.45, 7) is 21.7. The number of rotatable bonds is 24. The van der Waals surface area contributed by atoms with Crippen LogP contribution < -0.4 is 5.32 Å². The lowest BCUT2D eigenvalue weighted by molar-refractivity contribution is -0.139. The van der Waals surface area contributed by atoms with Crippen LogP contribution in [0.5, 0.6) is 0 Å². The number of ether oxygens (including phenoxy) is 3. The molecule has 0 radical (unpaired) electrons. The summed E-state index contributed by atoms with van der Waals surface area (Å²) >= 11 is 1.52. The first-order valence-electron chi connectivity index (χ1n) is 22.4. The number of carbonyl (C=O) groups is 4. The number of allylic oxidation sites excluding steroid dienone is 4. The van der Waals surface area contributed by atoms with Crippen molar-refractivity contribution in [2.45, 2.75) is 84.8 Å². The zero-order valence-electron chi connectivity index (χ0n) is 38.3. The van der Waals surface area contributed by atoms with Crippen LogP contribution in [0.1, 0.15) is 111 Å². The van der Waals surface area contributed by atoms with Crippen LogP contribution in [0.25, 0.3) is 56.5 Å². The summed E-state index contributed by atoms with van der Waals surface area (Å²) in [5, 5.41) is 12.4. The number of thioether (sulfide) groups is 1. The van der Waals surface area contributed by atoms with Gasteiger partial charge in [-0.15, -0.1) is 11.8 Å². The molecule has 3 aromatic rings. The molecule has 4 N–H and O–H groups in total. The molecule has 0 spiro atoms. The van der Waals surface area contributed by atoms with E-state index in [9.17, 15) is 24.3 Å². The largest absolute Gasteiger partial charge is 0.481 e. The number of aromatic amines is 2. The van der Waals surface area contributed by atoms with E-state index in [1.165, 1.54) is 16.7 Å². The maximum absolute atomic E-state index is 13.2. The van der Waals surface area contributed by atoms with Crippen LogP contribution >= 0.6 is 11.8 Å². The lowest BCUT2D eigenvalue weighted by atomic mass is 9.98. The highest BCUT2D eigenvalue weighted by Gasteiger charge is 2.38. The molecule has 65 heavy (non-hydrogen) atoms. The summed E-state index contributed by atoms with van der Waals surface area (Å²) in [6, 6.07) is 8.03. The number of aryl methyl sites for hydroxylation is 2. The number of imide groups is 1. The molecule has 1 saturated heterocycles. The smallest absolute Gasteiger partial charge is 0.303 e. The fourth-order valence-electron chi connectivity index (χ4n) is 8.35. The summed E-state index contributed by atoms with van der Waals surface area (Å²) in [7, 11) is 0. The van der Waals surface area contributed by atoms with Crippen molar-refractivity contribution in [3.8, 4) is 0 Å². The average Bonchev–Trinajstić information content (AvgIpc) is 4.00. The highest BCUT2D eigenvalue weighted by atomic mass is 32.2. The van der Waals surface area contributed by atoms with Crippen molar-refractivity contribution in [1.82, 2.24) is 30.2 Å². The molecule has 3 amide bonds. The molecule has 3 aliphatic rings. The van der Waals surface area contributed by atoms with Gasteiger partial charge < -0.3 is 34.6 Å². The number of hydrogen-bond donors (Lipinski definition) is 4. The summed E-state index contributed by atoms with van der Waals surface area (Å²) in [5.74, 6) is -0.359. The number of nitrogens with one attached hydrogen (secondary N) is 3. The molecule has 0 aliphatic carbocycles. The number of carboxylic acid groups (broad SMARTS) is 1. The second-order valence-corrected chi connectivity index (χ2v) is 17.7. The molecule has 1 unspecified atom stereocenters. The summed E-state index contributed by atoms with van der Waals surface area (Å²) < 4.78 is 16.9. The Balaban J connectivity index is 1.05. The topological polar surface area (TPSA) is 189 Å². The molecular weight excluding hydrogens is 845 g/mol. The standard InChI is InChI=1S/C50H62N6O8S/c1-8-34-30(4)38-25-39-33(7)37(14-16-49(59)60)45(54-39)28-44-36(32(6)41(55-44)27-43-35(9-2)31(5)40(53-43)26-42(34)52-38)13-15-47(57)51-17-11-19-62-21-23-64-24-22-63-20-12-18-56-48(58)29-46(50(56)61)65-10-3/h8-9,25-28,46,52-53H,1-2,10-24,29H2,3-7H3,(H,51,57)(H,59,60). The molecule has 15 heteroatoms. The molecule has 0 saturated carbocycles. The van der Waals surface area contributed by atoms with Gasteiger partial charge in [-0.25, -0.2) is 9.97 Å². The van der Waals surface area contributed by atoms with E-state index in [4.69, 9.17) is 24.2 Å². The zero-order valence-corrected chi connectivity index (χ0v) is 39.1. The van der Waals surface area contributed by atoms with Crippen LogP contribution in [0.4, 0.5) is 0 Å². The van der Waals surface area contributed by atoms with Gasteiger partial charge in [0.05, 0.1) is 54.5 Å². The van der Waals surface area contributed by atoms with E-state index in [0.717, 1.165) is 83.8 Å². The van der Waals surface area contributed by atoms with Crippen molar-refractivity contribution in [3.05, 3.63) is 82.5 Å². The monoisotopic (exact) mass is 906 g/mol. The van der Waals surface area contributed by atoms with Gasteiger partial charge in [0.1, 0.15) is 0 Å². The normalized spacial score (nSPS) is 15.1. The van der Waals surface area contributed by atoms with Gasteiger partial charge in [0.15, 0.2) is 0 Å². The lowest BCUT2D eigenvalue weighted by Crippen LogP contribution is -2.32. The highest BCUT2D eigenvalue weighted by Crippen LogP contribution is 2.38. The third-order valence-corrected chi connectivity index (χ3v) is 13.1. The third kappa shape index (κ3) is 12.0. The van der Waals surface area contributed by atoms with Crippen LogP contribution in [-0.4, -0.2) is 117 Å². The van der Waals surface area contributed by atoms with Gasteiger partial charge in [0.25, 0.3) is 0 Å². The van der Waals surface area contributed by atoms with Crippen molar-refractivity contribution >= 4 is 92.0 Å². The predicted molar refractivity (Wildman–Crippen MR) is 260 cm³/mol. The molecule has 3 aromatic heterocycles. The fourth-order valence-corrected chi connectivity index (χ4v) is 9.28. The minimum atomic E-state index is -0.888. The van der Waals surface area contributed by atoms with Gasteiger partial charge in [-0.1, -0.05) is 32.2 Å². The number of hydrogen-bond acceptors (Lipinski definition) is 10. The van der Waals surface area contributed by atoms with E-state index in [2.05, 4.69) is 41.4 Å². The van der Waals surface area contributed by atoms with Crippen LogP contribution in [-0.2, 0) is 33.4 Å². The minimum absolute atomic E-state index is 0.0445. The number of carbonyl (C=O) groups excluding carboxylic acids is 3. The molecule has 1 fully saturated rings. The van der Waals surface area contributed by atoms with Gasteiger partial charge in [0.2, 0.25) is 17.7 Å². The van der Waals surface area contributed by atoms with Crippen molar-refractivity contribution in [1.29, 1.82) is 0 Å². The Bertz CT molecular complexity index is 2550. The number of aromatic nitrogens is 4. The first-order valence-corrected chi connectivity index (χ1v) is 23.5. The minimum Gasteiger partial charge on any atom is -0.481 e. The van der Waals surface area contributed by atoms with Crippen molar-refractivity contribution in [2.75, 3.05) is 58.5 Å². The summed E-state index contributed by atoms with van der Waals surface area (Å²) in [6.07, 6.45) is 6.15. The van der Waals surface area contributed by atoms with E-state index in [-0.39, 0.29) is 42.2 Å². The SMILES string of the molecule is C=Cc1c(C)c2cc3[nH]c(cc4nc(cc5nc(cc1[nH]2)C(C)=C5CCC(=O)NCCCOCCOCCOCCCN1C(=O)CC(SCC)C1=O)C(CCC(=O)O)=C4C)c(C)c3C=C. The second kappa shape index (κ2) is 23.0.